The summed E-state index contributed by atoms with van der Waals surface area (Å²) < 4.78 is 3.87. The van der Waals surface area contributed by atoms with Gasteiger partial charge in [0.2, 0.25) is 0 Å². The fraction of sp³-hybridized carbons (Fsp3) is 1.00. The van der Waals surface area contributed by atoms with Crippen molar-refractivity contribution in [2.24, 2.45) is 59.2 Å². The zero-order chi connectivity index (χ0) is 36.6. The third-order valence-electron chi connectivity index (χ3n) is 31.7. The zero-order valence-corrected chi connectivity index (χ0v) is 40.9. The van der Waals surface area contributed by atoms with Gasteiger partial charge >= 0.3 is 333 Å². The van der Waals surface area contributed by atoms with Crippen molar-refractivity contribution in [2.45, 2.75) is 191 Å². The second-order valence-electron chi connectivity index (χ2n) is 30.1. The zero-order valence-electron chi connectivity index (χ0n) is 35.7. The van der Waals surface area contributed by atoms with Crippen LogP contribution < -0.4 is 10.6 Å². The van der Waals surface area contributed by atoms with E-state index < -0.39 is 22.7 Å². The molecule has 8 atom stereocenters. The van der Waals surface area contributed by atoms with Crippen molar-refractivity contribution in [1.82, 2.24) is 10.6 Å². The second kappa shape index (κ2) is 6.01. The Balaban J connectivity index is 0.933. The summed E-state index contributed by atoms with van der Waals surface area (Å²) in [6.45, 7) is 19.7. The Morgan fingerprint density at radius 2 is 1.04 bits per heavy atom. The molecule has 12 aliphatic heterocycles. The number of nitrogens with one attached hydrogen (secondary N) is 2. The number of fused-ring (bicyclic) bond motifs is 10. The van der Waals surface area contributed by atoms with Crippen LogP contribution in [0.5, 0.6) is 0 Å². The Bertz CT molecular complexity index is 2190. The predicted octanol–water partition coefficient (Wildman–Crippen LogP) is 12.4. The van der Waals surface area contributed by atoms with Crippen LogP contribution >= 0.6 is 17.2 Å². The molecule has 0 radical (unpaired) electrons. The van der Waals surface area contributed by atoms with Crippen LogP contribution in [0.4, 0.5) is 0 Å². The molecule has 2 nitrogen and oxygen atoms in total. The van der Waals surface area contributed by atoms with Gasteiger partial charge in [-0.25, -0.2) is 0 Å². The van der Waals surface area contributed by atoms with Crippen LogP contribution in [-0.2, 0) is 6.51 Å². The molecule has 1 spiro atoms. The first-order valence-corrected chi connectivity index (χ1v) is 40.5. The van der Waals surface area contributed by atoms with Gasteiger partial charge in [0.1, 0.15) is 0 Å². The Morgan fingerprint density at radius 3 is 1.36 bits per heavy atom. The standard InChI is InChI=1S/C43H73N2P2Si2.C5H5.Fe/c1-48(2,3)39-23-38(43(46,35-9-7-11-44-24-35)36-10-8-12-45-25-36)37(42(39)49(4,5)6)26-47(40-31-15-27-13-28(17-31)18-32(40)16-27)41-33-19-29-14-30(21-33)22-34(41)20-29;1-2-4-5-3-1;/h23,27-36,40-41,44-45H,7-22,24-26,46H2,1-6H3;1-5H;. The van der Waals surface area contributed by atoms with Crippen LogP contribution in [0.25, 0.3) is 0 Å². The molecule has 55 heavy (non-hydrogen) atoms. The maximum atomic E-state index is 4.24. The van der Waals surface area contributed by atoms with E-state index in [-0.39, 0.29) is 7.92 Å². The summed E-state index contributed by atoms with van der Waals surface area (Å²) in [5, 5.41) is 8.94. The van der Waals surface area contributed by atoms with Gasteiger partial charge < -0.3 is 0 Å². The first-order valence-electron chi connectivity index (χ1n) is 25.3. The molecular formula is C48H78FeN2P2Si2. The minimum atomic E-state index is -4.39. The molecule has 0 aromatic carbocycles. The Hall–Kier alpha value is 1.73. The van der Waals surface area contributed by atoms with E-state index in [0.717, 1.165) is 52.0 Å². The van der Waals surface area contributed by atoms with Crippen molar-refractivity contribution in [3.8, 4) is 0 Å². The quantitative estimate of drug-likeness (QED) is 0.178. The van der Waals surface area contributed by atoms with E-state index in [1.807, 2.05) is 6.16 Å². The summed E-state index contributed by atoms with van der Waals surface area (Å²) in [6.07, 6.45) is 25.0. The van der Waals surface area contributed by atoms with Gasteiger partial charge in [-0.3, -0.25) is 0 Å². The second-order valence-corrected chi connectivity index (χ2v) is 67.7. The maximum absolute atomic E-state index is 4.39. The normalized spacial score (nSPS) is 77.7. The monoisotopic (exact) mass is 856 g/mol. The third kappa shape index (κ3) is 1.11. The number of rotatable bonds is 9. The molecule has 306 valence electrons. The van der Waals surface area contributed by atoms with Crippen molar-refractivity contribution >= 4 is 33.3 Å². The molecule has 0 amide bonds. The fourth-order valence-electron chi connectivity index (χ4n) is 37.0. The number of hydrogen-bond acceptors (Lipinski definition) is 2. The van der Waals surface area contributed by atoms with Crippen LogP contribution in [0.3, 0.4) is 0 Å². The van der Waals surface area contributed by atoms with E-state index >= 15 is 0 Å². The molecule has 8 bridgehead atoms. The Labute approximate surface area is 331 Å². The molecule has 8 aliphatic carbocycles. The Morgan fingerprint density at radius 1 is 0.618 bits per heavy atom. The molecule has 2 N–H and O–H groups in total. The van der Waals surface area contributed by atoms with Crippen molar-refractivity contribution in [2.75, 3.05) is 32.3 Å². The number of piperidine rings is 2. The van der Waals surface area contributed by atoms with Gasteiger partial charge in [-0.15, -0.1) is 0 Å². The summed E-state index contributed by atoms with van der Waals surface area (Å²) in [5.74, 6) is 11.1. The first-order chi connectivity index (χ1) is 26.1. The third-order valence-corrected chi connectivity index (χ3v) is 101. The SMILES string of the molecule is C[Si](C)(C)[C]12[CH]3[C]4(C(P)(C5CCCNC5)C5CCCNC5)[C]5(CP(C6C7CC8CC(C7)CC6C8)C6C7CC8CC(C7)CC6C8)[C]1([Si](C)(C)C)[Fe]35421678[CH]2[CH]1[CH]6[CH]7[CH]28. The van der Waals surface area contributed by atoms with Crippen LogP contribution in [0, 0.1) is 59.2 Å². The molecule has 0 aromatic heterocycles. The average Bonchev–Trinajstić information content (AvgIpc) is 4.09. The van der Waals surface area contributed by atoms with E-state index in [2.05, 4.69) is 59.2 Å². The van der Waals surface area contributed by atoms with Gasteiger partial charge in [0.25, 0.3) is 0 Å². The molecule has 7 heteroatoms. The van der Waals surface area contributed by atoms with Crippen molar-refractivity contribution in [3.05, 3.63) is 0 Å². The van der Waals surface area contributed by atoms with Crippen molar-refractivity contribution in [1.29, 1.82) is 0 Å². The van der Waals surface area contributed by atoms with Gasteiger partial charge in [-0.05, 0) is 0 Å². The molecule has 20 rings (SSSR count). The summed E-state index contributed by atoms with van der Waals surface area (Å²) >= 11 is 0. The van der Waals surface area contributed by atoms with Crippen LogP contribution in [0.2, 0.25) is 84.7 Å². The molecule has 20 fully saturated rings. The van der Waals surface area contributed by atoms with E-state index in [4.69, 9.17) is 0 Å². The fourth-order valence-corrected chi connectivity index (χ4v) is 185. The predicted molar refractivity (Wildman–Crippen MR) is 237 cm³/mol. The summed E-state index contributed by atoms with van der Waals surface area (Å²) in [7, 11) is 1.41. The Kier molecular flexibility index (Phi) is 3.54. The summed E-state index contributed by atoms with van der Waals surface area (Å²) in [6, 6.07) is 0. The summed E-state index contributed by atoms with van der Waals surface area (Å²) in [4.78, 5) is 8.43. The van der Waals surface area contributed by atoms with Gasteiger partial charge in [-0.1, -0.05) is 0 Å². The molecule has 12 heterocycles. The van der Waals surface area contributed by atoms with Gasteiger partial charge in [0.15, 0.2) is 0 Å². The van der Waals surface area contributed by atoms with Gasteiger partial charge in [0.05, 0.1) is 0 Å². The van der Waals surface area contributed by atoms with Crippen LogP contribution in [0.15, 0.2) is 0 Å². The van der Waals surface area contributed by atoms with Crippen LogP contribution in [0.1, 0.15) is 89.9 Å². The van der Waals surface area contributed by atoms with Crippen molar-refractivity contribution in [3.63, 3.8) is 0 Å². The first kappa shape index (κ1) is 32.4. The van der Waals surface area contributed by atoms with E-state index in [1.165, 1.54) is 103 Å². The number of hydrogen-bond donors (Lipinski definition) is 2. The van der Waals surface area contributed by atoms with Gasteiger partial charge in [0, 0.05) is 0 Å². The summed E-state index contributed by atoms with van der Waals surface area (Å²) in [5.41, 5.74) is 2.44. The molecule has 8 unspecified atom stereocenters. The van der Waals surface area contributed by atoms with Crippen molar-refractivity contribution < 1.29 is 6.51 Å². The van der Waals surface area contributed by atoms with E-state index in [9.17, 15) is 0 Å². The molecular weight excluding hydrogens is 779 g/mol. The molecule has 20 aliphatic rings. The molecule has 12 saturated heterocycles. The topological polar surface area (TPSA) is 24.1 Å². The van der Waals surface area contributed by atoms with E-state index in [0.29, 0.717) is 5.16 Å². The van der Waals surface area contributed by atoms with E-state index in [1.54, 1.807) is 77.0 Å². The molecule has 0 aromatic rings. The minimum absolute atomic E-state index is 0.115. The van der Waals surface area contributed by atoms with Gasteiger partial charge in [-0.2, -0.15) is 0 Å². The molecule has 8 saturated carbocycles. The average molecular weight is 857 g/mol. The van der Waals surface area contributed by atoms with Crippen LogP contribution in [-0.4, -0.2) is 65.0 Å².